The van der Waals surface area contributed by atoms with Gasteiger partial charge in [0.05, 0.1) is 5.75 Å². The molecule has 1 aromatic rings. The average Bonchev–Trinajstić information content (AvgIpc) is 2.65. The Morgan fingerprint density at radius 1 is 1.20 bits per heavy atom. The van der Waals surface area contributed by atoms with Crippen molar-refractivity contribution in [3.63, 3.8) is 0 Å². The molecule has 0 saturated carbocycles. The van der Waals surface area contributed by atoms with Crippen molar-refractivity contribution < 1.29 is 17.9 Å². The molecule has 1 saturated heterocycles. The second-order valence-corrected chi connectivity index (χ2v) is 5.80. The number of para-hydroxylation sites is 1. The molecule has 6 heteroatoms. The summed E-state index contributed by atoms with van der Waals surface area (Å²) in [5, 5.41) is 3.36. The molecule has 1 aliphatic rings. The van der Waals surface area contributed by atoms with Gasteiger partial charge in [0.15, 0.2) is 0 Å². The van der Waals surface area contributed by atoms with E-state index in [0.717, 1.165) is 43.3 Å². The Balaban J connectivity index is 1.99. The molecule has 0 aliphatic carbocycles. The Morgan fingerprint density at radius 2 is 2.00 bits per heavy atom. The molecule has 1 fully saturated rings. The number of rotatable bonds is 4. The largest absolute Gasteiger partial charge is 0.398 e. The normalized spacial score (nSPS) is 20.4. The third-order valence-electron chi connectivity index (χ3n) is 3.09. The van der Waals surface area contributed by atoms with E-state index in [4.69, 9.17) is 4.74 Å². The lowest BCUT2D eigenvalue weighted by molar-refractivity contribution is -0.105. The molecule has 1 N–H and O–H groups in total. The zero-order valence-corrected chi connectivity index (χ0v) is 11.9. The number of anilines is 1. The van der Waals surface area contributed by atoms with Crippen LogP contribution in [0.4, 0.5) is 18.9 Å². The maximum absolute atomic E-state index is 12.3. The van der Waals surface area contributed by atoms with Gasteiger partial charge in [-0.3, -0.25) is 0 Å². The minimum absolute atomic E-state index is 0.269. The van der Waals surface area contributed by atoms with Crippen LogP contribution in [0.5, 0.6) is 0 Å². The molecule has 0 spiro atoms. The molecule has 1 unspecified atom stereocenters. The van der Waals surface area contributed by atoms with Gasteiger partial charge in [0, 0.05) is 29.8 Å². The van der Waals surface area contributed by atoms with E-state index >= 15 is 0 Å². The predicted molar refractivity (Wildman–Crippen MR) is 75.3 cm³/mol. The van der Waals surface area contributed by atoms with Crippen LogP contribution in [0, 0.1) is 0 Å². The molecule has 20 heavy (non-hydrogen) atoms. The van der Waals surface area contributed by atoms with Gasteiger partial charge < -0.3 is 10.1 Å². The molecular weight excluding hydrogens is 287 g/mol. The fourth-order valence-corrected chi connectivity index (χ4v) is 2.92. The fraction of sp³-hybridized carbons (Fsp3) is 0.571. The predicted octanol–water partition coefficient (Wildman–Crippen LogP) is 4.32. The Bertz CT molecular complexity index is 417. The van der Waals surface area contributed by atoms with Crippen LogP contribution in [-0.2, 0) is 4.74 Å². The first-order chi connectivity index (χ1) is 9.54. The SMILES string of the molecule is FC(F)(F)CSc1ccccc1NC1CCCOCC1. The summed E-state index contributed by atoms with van der Waals surface area (Å²) in [7, 11) is 0. The van der Waals surface area contributed by atoms with Crippen LogP contribution in [0.1, 0.15) is 19.3 Å². The highest BCUT2D eigenvalue weighted by atomic mass is 32.2. The first kappa shape index (κ1) is 15.5. The van der Waals surface area contributed by atoms with Crippen molar-refractivity contribution in [2.24, 2.45) is 0 Å². The summed E-state index contributed by atoms with van der Waals surface area (Å²) >= 11 is 0.829. The maximum Gasteiger partial charge on any atom is 0.398 e. The summed E-state index contributed by atoms with van der Waals surface area (Å²) in [6.07, 6.45) is -1.29. The molecule has 1 atom stereocenters. The molecule has 0 amide bonds. The van der Waals surface area contributed by atoms with Crippen LogP contribution >= 0.6 is 11.8 Å². The molecular formula is C14H18F3NOS. The second kappa shape index (κ2) is 7.22. The zero-order chi connectivity index (χ0) is 14.4. The van der Waals surface area contributed by atoms with E-state index in [-0.39, 0.29) is 6.04 Å². The van der Waals surface area contributed by atoms with Crippen LogP contribution in [0.15, 0.2) is 29.2 Å². The van der Waals surface area contributed by atoms with Gasteiger partial charge in [-0.1, -0.05) is 12.1 Å². The zero-order valence-electron chi connectivity index (χ0n) is 11.1. The molecule has 2 rings (SSSR count). The first-order valence-electron chi connectivity index (χ1n) is 6.67. The van der Waals surface area contributed by atoms with E-state index in [1.165, 1.54) is 0 Å². The average molecular weight is 305 g/mol. The topological polar surface area (TPSA) is 21.3 Å². The molecule has 112 valence electrons. The van der Waals surface area contributed by atoms with Gasteiger partial charge in [0.25, 0.3) is 0 Å². The van der Waals surface area contributed by atoms with Crippen molar-refractivity contribution >= 4 is 17.4 Å². The third kappa shape index (κ3) is 5.25. The van der Waals surface area contributed by atoms with Gasteiger partial charge in [-0.2, -0.15) is 13.2 Å². The van der Waals surface area contributed by atoms with E-state index in [2.05, 4.69) is 5.32 Å². The van der Waals surface area contributed by atoms with Crippen molar-refractivity contribution in [3.8, 4) is 0 Å². The Hall–Kier alpha value is -0.880. The van der Waals surface area contributed by atoms with Gasteiger partial charge in [-0.15, -0.1) is 11.8 Å². The van der Waals surface area contributed by atoms with Gasteiger partial charge in [0.1, 0.15) is 0 Å². The van der Waals surface area contributed by atoms with E-state index in [9.17, 15) is 13.2 Å². The van der Waals surface area contributed by atoms with Crippen molar-refractivity contribution in [2.75, 3.05) is 24.3 Å². The van der Waals surface area contributed by atoms with Crippen molar-refractivity contribution in [1.82, 2.24) is 0 Å². The number of ether oxygens (including phenoxy) is 1. The van der Waals surface area contributed by atoms with Crippen LogP contribution in [-0.4, -0.2) is 31.2 Å². The summed E-state index contributed by atoms with van der Waals surface area (Å²) in [5.41, 5.74) is 0.786. The van der Waals surface area contributed by atoms with E-state index in [1.807, 2.05) is 12.1 Å². The number of nitrogens with one attached hydrogen (secondary N) is 1. The Morgan fingerprint density at radius 3 is 2.80 bits per heavy atom. The van der Waals surface area contributed by atoms with Gasteiger partial charge >= 0.3 is 6.18 Å². The first-order valence-corrected chi connectivity index (χ1v) is 7.66. The lowest BCUT2D eigenvalue weighted by atomic mass is 10.1. The summed E-state index contributed by atoms with van der Waals surface area (Å²) in [6, 6.07) is 7.44. The second-order valence-electron chi connectivity index (χ2n) is 4.78. The molecule has 2 nitrogen and oxygen atoms in total. The number of thioether (sulfide) groups is 1. The maximum atomic E-state index is 12.3. The molecule has 1 aliphatic heterocycles. The monoisotopic (exact) mass is 305 g/mol. The highest BCUT2D eigenvalue weighted by molar-refractivity contribution is 7.99. The number of benzene rings is 1. The molecule has 1 heterocycles. The van der Waals surface area contributed by atoms with E-state index < -0.39 is 11.9 Å². The molecule has 0 radical (unpaired) electrons. The van der Waals surface area contributed by atoms with Crippen molar-refractivity contribution in [1.29, 1.82) is 0 Å². The van der Waals surface area contributed by atoms with Gasteiger partial charge in [-0.05, 0) is 31.4 Å². The van der Waals surface area contributed by atoms with E-state index in [0.29, 0.717) is 11.5 Å². The standard InChI is InChI=1S/C14H18F3NOS/c15-14(16,17)10-20-13-6-2-1-5-12(13)18-11-4-3-8-19-9-7-11/h1-2,5-6,11,18H,3-4,7-10H2. The fourth-order valence-electron chi connectivity index (χ4n) is 2.14. The number of hydrogen-bond donors (Lipinski definition) is 1. The smallest absolute Gasteiger partial charge is 0.381 e. The Kier molecular flexibility index (Phi) is 5.60. The van der Waals surface area contributed by atoms with Crippen molar-refractivity contribution in [2.45, 2.75) is 36.4 Å². The minimum atomic E-state index is -4.14. The van der Waals surface area contributed by atoms with Crippen LogP contribution in [0.2, 0.25) is 0 Å². The van der Waals surface area contributed by atoms with Crippen LogP contribution in [0.3, 0.4) is 0 Å². The summed E-state index contributed by atoms with van der Waals surface area (Å²) in [6.45, 7) is 1.47. The lowest BCUT2D eigenvalue weighted by Gasteiger charge is -2.19. The number of halogens is 3. The minimum Gasteiger partial charge on any atom is -0.381 e. The Labute approximate surface area is 121 Å². The highest BCUT2D eigenvalue weighted by Gasteiger charge is 2.27. The third-order valence-corrected chi connectivity index (χ3v) is 4.23. The van der Waals surface area contributed by atoms with Crippen LogP contribution < -0.4 is 5.32 Å². The quantitative estimate of drug-likeness (QED) is 0.837. The van der Waals surface area contributed by atoms with Crippen LogP contribution in [0.25, 0.3) is 0 Å². The molecule has 1 aromatic carbocycles. The number of alkyl halides is 3. The van der Waals surface area contributed by atoms with Gasteiger partial charge in [-0.25, -0.2) is 0 Å². The highest BCUT2D eigenvalue weighted by Crippen LogP contribution is 2.32. The molecule has 0 aromatic heterocycles. The summed E-state index contributed by atoms with van der Waals surface area (Å²) < 4.78 is 42.4. The van der Waals surface area contributed by atoms with E-state index in [1.54, 1.807) is 12.1 Å². The lowest BCUT2D eigenvalue weighted by Crippen LogP contribution is -2.20. The summed E-state index contributed by atoms with van der Waals surface area (Å²) in [5.74, 6) is -0.862. The van der Waals surface area contributed by atoms with Gasteiger partial charge in [0.2, 0.25) is 0 Å². The summed E-state index contributed by atoms with van der Waals surface area (Å²) in [4.78, 5) is 0.648. The number of hydrogen-bond acceptors (Lipinski definition) is 3. The molecule has 0 bridgehead atoms. The van der Waals surface area contributed by atoms with Crippen molar-refractivity contribution in [3.05, 3.63) is 24.3 Å².